The van der Waals surface area contributed by atoms with Gasteiger partial charge < -0.3 is 10.2 Å². The van der Waals surface area contributed by atoms with E-state index in [4.69, 9.17) is 0 Å². The van der Waals surface area contributed by atoms with Crippen LogP contribution in [0.15, 0.2) is 6.07 Å². The Balaban J connectivity index is 2.13. The molecule has 1 fully saturated rings. The Bertz CT molecular complexity index is 419. The van der Waals surface area contributed by atoms with Crippen molar-refractivity contribution in [1.82, 2.24) is 9.97 Å². The van der Waals surface area contributed by atoms with E-state index in [1.54, 1.807) is 0 Å². The molecule has 1 aliphatic heterocycles. The van der Waals surface area contributed by atoms with Gasteiger partial charge in [0.15, 0.2) is 0 Å². The fourth-order valence-corrected chi connectivity index (χ4v) is 2.50. The van der Waals surface area contributed by atoms with E-state index >= 15 is 0 Å². The largest absolute Gasteiger partial charge is 0.356 e. The van der Waals surface area contributed by atoms with Gasteiger partial charge in [0.05, 0.1) is 0 Å². The predicted octanol–water partition coefficient (Wildman–Crippen LogP) is 3.09. The van der Waals surface area contributed by atoms with Gasteiger partial charge in [-0.15, -0.1) is 0 Å². The number of piperidine rings is 1. The lowest BCUT2D eigenvalue weighted by Crippen LogP contribution is -2.39. The average Bonchev–Trinajstić information content (AvgIpc) is 2.39. The highest BCUT2D eigenvalue weighted by atomic mass is 15.2. The lowest BCUT2D eigenvalue weighted by atomic mass is 9.89. The first-order valence-corrected chi connectivity index (χ1v) is 7.44. The molecule has 106 valence electrons. The first-order chi connectivity index (χ1) is 9.10. The number of rotatable bonds is 4. The zero-order valence-electron chi connectivity index (χ0n) is 12.6. The Hall–Kier alpha value is -1.32. The van der Waals surface area contributed by atoms with Gasteiger partial charge >= 0.3 is 0 Å². The van der Waals surface area contributed by atoms with E-state index in [0.29, 0.717) is 0 Å². The maximum atomic E-state index is 4.66. The maximum Gasteiger partial charge on any atom is 0.224 e. The van der Waals surface area contributed by atoms with Crippen molar-refractivity contribution < 1.29 is 0 Å². The van der Waals surface area contributed by atoms with E-state index in [1.165, 1.54) is 6.42 Å². The fourth-order valence-electron chi connectivity index (χ4n) is 2.50. The summed E-state index contributed by atoms with van der Waals surface area (Å²) in [6.45, 7) is 12.0. The molecule has 0 aromatic carbocycles. The van der Waals surface area contributed by atoms with Gasteiger partial charge in [-0.1, -0.05) is 20.8 Å². The SMILES string of the molecule is CCCNc1nc(C)cc(N2CCC(C)C(C)C2)n1. The lowest BCUT2D eigenvalue weighted by molar-refractivity contribution is 0.323. The Kier molecular flexibility index (Phi) is 4.61. The molecule has 0 bridgehead atoms. The third-order valence-corrected chi connectivity index (χ3v) is 4.03. The molecule has 0 amide bonds. The van der Waals surface area contributed by atoms with Crippen molar-refractivity contribution in [2.45, 2.75) is 40.5 Å². The van der Waals surface area contributed by atoms with Crippen LogP contribution in [0.25, 0.3) is 0 Å². The van der Waals surface area contributed by atoms with Gasteiger partial charge in [-0.2, -0.15) is 4.98 Å². The van der Waals surface area contributed by atoms with Crippen molar-refractivity contribution >= 4 is 11.8 Å². The van der Waals surface area contributed by atoms with Gasteiger partial charge in [-0.25, -0.2) is 4.98 Å². The summed E-state index contributed by atoms with van der Waals surface area (Å²) in [5.74, 6) is 3.39. The monoisotopic (exact) mass is 262 g/mol. The van der Waals surface area contributed by atoms with E-state index < -0.39 is 0 Å². The van der Waals surface area contributed by atoms with Crippen LogP contribution in [-0.2, 0) is 0 Å². The summed E-state index contributed by atoms with van der Waals surface area (Å²) in [6.07, 6.45) is 2.34. The molecule has 19 heavy (non-hydrogen) atoms. The van der Waals surface area contributed by atoms with Crippen LogP contribution < -0.4 is 10.2 Å². The summed E-state index contributed by atoms with van der Waals surface area (Å²) in [5, 5.41) is 3.29. The van der Waals surface area contributed by atoms with Crippen LogP contribution in [0.4, 0.5) is 11.8 Å². The maximum absolute atomic E-state index is 4.66. The predicted molar refractivity (Wildman–Crippen MR) is 80.7 cm³/mol. The average molecular weight is 262 g/mol. The number of aryl methyl sites for hydroxylation is 1. The molecule has 0 spiro atoms. The molecule has 2 unspecified atom stereocenters. The smallest absolute Gasteiger partial charge is 0.224 e. The second kappa shape index (κ2) is 6.22. The topological polar surface area (TPSA) is 41.1 Å². The number of anilines is 2. The summed E-state index contributed by atoms with van der Waals surface area (Å²) in [4.78, 5) is 11.5. The second-order valence-corrected chi connectivity index (χ2v) is 5.81. The summed E-state index contributed by atoms with van der Waals surface area (Å²) in [6, 6.07) is 2.10. The summed E-state index contributed by atoms with van der Waals surface area (Å²) >= 11 is 0. The minimum absolute atomic E-state index is 0.732. The minimum atomic E-state index is 0.732. The van der Waals surface area contributed by atoms with Crippen LogP contribution in [0.3, 0.4) is 0 Å². The quantitative estimate of drug-likeness (QED) is 0.905. The van der Waals surface area contributed by atoms with Gasteiger partial charge in [0.2, 0.25) is 5.95 Å². The third kappa shape index (κ3) is 3.58. The molecule has 4 nitrogen and oxygen atoms in total. The zero-order chi connectivity index (χ0) is 13.8. The molecule has 2 heterocycles. The molecule has 1 N–H and O–H groups in total. The Morgan fingerprint density at radius 2 is 2.11 bits per heavy atom. The number of hydrogen-bond donors (Lipinski definition) is 1. The summed E-state index contributed by atoms with van der Waals surface area (Å²) in [7, 11) is 0. The van der Waals surface area contributed by atoms with Crippen molar-refractivity contribution in [2.75, 3.05) is 29.9 Å². The van der Waals surface area contributed by atoms with Crippen molar-refractivity contribution in [3.63, 3.8) is 0 Å². The Morgan fingerprint density at radius 3 is 2.79 bits per heavy atom. The standard InChI is InChI=1S/C15H26N4/c1-5-7-16-15-17-13(4)9-14(18-15)19-8-6-11(2)12(3)10-19/h9,11-12H,5-8,10H2,1-4H3,(H,16,17,18). The molecule has 1 saturated heterocycles. The number of nitrogens with zero attached hydrogens (tertiary/aromatic N) is 3. The van der Waals surface area contributed by atoms with E-state index in [9.17, 15) is 0 Å². The Morgan fingerprint density at radius 1 is 1.32 bits per heavy atom. The third-order valence-electron chi connectivity index (χ3n) is 4.03. The van der Waals surface area contributed by atoms with Crippen LogP contribution in [0.2, 0.25) is 0 Å². The summed E-state index contributed by atoms with van der Waals surface area (Å²) < 4.78 is 0. The van der Waals surface area contributed by atoms with Gasteiger partial charge in [0.1, 0.15) is 5.82 Å². The zero-order valence-corrected chi connectivity index (χ0v) is 12.6. The van der Waals surface area contributed by atoms with Crippen LogP contribution >= 0.6 is 0 Å². The highest BCUT2D eigenvalue weighted by Gasteiger charge is 2.23. The minimum Gasteiger partial charge on any atom is -0.356 e. The number of nitrogens with one attached hydrogen (secondary N) is 1. The van der Waals surface area contributed by atoms with Gasteiger partial charge in [-0.05, 0) is 31.6 Å². The summed E-state index contributed by atoms with van der Waals surface area (Å²) in [5.41, 5.74) is 1.04. The highest BCUT2D eigenvalue weighted by Crippen LogP contribution is 2.26. The Labute approximate surface area is 116 Å². The normalized spacial score (nSPS) is 23.5. The highest BCUT2D eigenvalue weighted by molar-refractivity contribution is 5.45. The van der Waals surface area contributed by atoms with E-state index in [-0.39, 0.29) is 0 Å². The van der Waals surface area contributed by atoms with Crippen molar-refractivity contribution in [1.29, 1.82) is 0 Å². The molecule has 0 radical (unpaired) electrons. The van der Waals surface area contributed by atoms with Crippen LogP contribution in [-0.4, -0.2) is 29.6 Å². The lowest BCUT2D eigenvalue weighted by Gasteiger charge is -2.36. The molecule has 0 saturated carbocycles. The van der Waals surface area contributed by atoms with Gasteiger partial charge in [-0.3, -0.25) is 0 Å². The molecular formula is C15H26N4. The van der Waals surface area contributed by atoms with Gasteiger partial charge in [0, 0.05) is 31.4 Å². The molecule has 4 heteroatoms. The van der Waals surface area contributed by atoms with Crippen LogP contribution in [0.5, 0.6) is 0 Å². The fraction of sp³-hybridized carbons (Fsp3) is 0.733. The molecule has 2 atom stereocenters. The van der Waals surface area contributed by atoms with Crippen LogP contribution in [0, 0.1) is 18.8 Å². The number of hydrogen-bond acceptors (Lipinski definition) is 4. The number of aromatic nitrogens is 2. The molecule has 1 aromatic rings. The first-order valence-electron chi connectivity index (χ1n) is 7.44. The van der Waals surface area contributed by atoms with E-state index in [2.05, 4.69) is 47.0 Å². The van der Waals surface area contributed by atoms with Crippen molar-refractivity contribution in [2.24, 2.45) is 11.8 Å². The van der Waals surface area contributed by atoms with Crippen LogP contribution in [0.1, 0.15) is 39.3 Å². The molecular weight excluding hydrogens is 236 g/mol. The molecule has 1 aromatic heterocycles. The van der Waals surface area contributed by atoms with E-state index in [1.807, 2.05) is 6.92 Å². The second-order valence-electron chi connectivity index (χ2n) is 5.81. The van der Waals surface area contributed by atoms with E-state index in [0.717, 1.165) is 55.4 Å². The van der Waals surface area contributed by atoms with Gasteiger partial charge in [0.25, 0.3) is 0 Å². The molecule has 2 rings (SSSR count). The molecule has 0 aliphatic carbocycles. The first kappa shape index (κ1) is 14.1. The van der Waals surface area contributed by atoms with Crippen molar-refractivity contribution in [3.8, 4) is 0 Å². The van der Waals surface area contributed by atoms with Crippen molar-refractivity contribution in [3.05, 3.63) is 11.8 Å². The molecule has 1 aliphatic rings.